The molecule has 0 saturated heterocycles. The highest BCUT2D eigenvalue weighted by molar-refractivity contribution is 6.00. The van der Waals surface area contributed by atoms with Gasteiger partial charge in [-0.1, -0.05) is 37.3 Å². The average molecular weight is 468 g/mol. The highest BCUT2D eigenvalue weighted by Crippen LogP contribution is 2.51. The molecule has 2 aromatic carbocycles. The molecule has 2 atom stereocenters. The normalized spacial score (nSPS) is 24.5. The molecule has 6 nitrogen and oxygen atoms in total. The van der Waals surface area contributed by atoms with Crippen LogP contribution in [-0.2, 0) is 10.2 Å². The number of pyridine rings is 1. The van der Waals surface area contributed by atoms with Crippen molar-refractivity contribution in [1.29, 1.82) is 0 Å². The third-order valence-electron chi connectivity index (χ3n) is 7.42. The van der Waals surface area contributed by atoms with Crippen LogP contribution in [0.4, 0.5) is 4.39 Å². The number of hydrogen-bond acceptors (Lipinski definition) is 5. The van der Waals surface area contributed by atoms with Gasteiger partial charge in [0.2, 0.25) is 0 Å². The highest BCUT2D eigenvalue weighted by atomic mass is 19.1. The minimum atomic E-state index is -0.681. The van der Waals surface area contributed by atoms with Crippen molar-refractivity contribution < 1.29 is 9.18 Å². The van der Waals surface area contributed by atoms with Gasteiger partial charge in [-0.3, -0.25) is 9.78 Å². The maximum absolute atomic E-state index is 14.5. The third kappa shape index (κ3) is 3.14. The summed E-state index contributed by atoms with van der Waals surface area (Å²) in [5, 5.41) is 16.1. The fraction of sp³-hybridized carbons (Fsp3) is 0.286. The largest absolute Gasteiger partial charge is 0.362 e. The number of carbonyl (C=O) groups is 1. The number of rotatable bonds is 3. The summed E-state index contributed by atoms with van der Waals surface area (Å²) in [4.78, 5) is 17.9. The van der Waals surface area contributed by atoms with Crippen LogP contribution in [0, 0.1) is 5.82 Å². The van der Waals surface area contributed by atoms with Gasteiger partial charge in [0, 0.05) is 34.8 Å². The lowest BCUT2D eigenvalue weighted by atomic mass is 9.62. The zero-order valence-corrected chi connectivity index (χ0v) is 19.9. The molecule has 6 rings (SSSR count). The van der Waals surface area contributed by atoms with E-state index in [4.69, 9.17) is 0 Å². The zero-order chi connectivity index (χ0) is 24.4. The Hall–Kier alpha value is -3.87. The van der Waals surface area contributed by atoms with Gasteiger partial charge in [-0.15, -0.1) is 0 Å². The number of aromatic nitrogens is 1. The molecule has 0 bridgehead atoms. The van der Waals surface area contributed by atoms with Gasteiger partial charge in [0.05, 0.1) is 17.2 Å². The zero-order valence-electron chi connectivity index (χ0n) is 19.9. The van der Waals surface area contributed by atoms with Crippen LogP contribution in [0.2, 0.25) is 0 Å². The van der Waals surface area contributed by atoms with Gasteiger partial charge in [-0.2, -0.15) is 10.2 Å². The van der Waals surface area contributed by atoms with Crippen molar-refractivity contribution >= 4 is 16.8 Å². The Kier molecular flexibility index (Phi) is 4.68. The second-order valence-corrected chi connectivity index (χ2v) is 10.1. The van der Waals surface area contributed by atoms with E-state index < -0.39 is 5.41 Å². The molecule has 0 radical (unpaired) electrons. The van der Waals surface area contributed by atoms with Gasteiger partial charge in [-0.25, -0.2) is 4.39 Å². The van der Waals surface area contributed by atoms with Crippen molar-refractivity contribution in [3.05, 3.63) is 89.2 Å². The lowest BCUT2D eigenvalue weighted by molar-refractivity contribution is -0.120. The standard InChI is InChI=1S/C28H26FN5O/c1-4-28(20-15-31-34-25(20)32-22-14-27(2,3)33-26(35)23(22)28)17-8-5-7-16(13-17)18-11-12-30-24-19(18)9-6-10-21(24)29/h5-13,15,25,32H,4,14H2,1-3H3,(H,33,35)/t25?,28-/m1/s1. The summed E-state index contributed by atoms with van der Waals surface area (Å²) >= 11 is 0. The van der Waals surface area contributed by atoms with E-state index in [9.17, 15) is 9.18 Å². The third-order valence-corrected chi connectivity index (χ3v) is 7.42. The van der Waals surface area contributed by atoms with E-state index in [0.29, 0.717) is 18.4 Å². The smallest absolute Gasteiger partial charge is 0.250 e. The Labute approximate surface area is 203 Å². The molecule has 3 aliphatic heterocycles. The minimum Gasteiger partial charge on any atom is -0.362 e. The van der Waals surface area contributed by atoms with E-state index in [0.717, 1.165) is 38.9 Å². The molecule has 1 aromatic heterocycles. The summed E-state index contributed by atoms with van der Waals surface area (Å²) in [7, 11) is 0. The molecular weight excluding hydrogens is 441 g/mol. The summed E-state index contributed by atoms with van der Waals surface area (Å²) in [6, 6.07) is 15.1. The minimum absolute atomic E-state index is 0.0707. The van der Waals surface area contributed by atoms with E-state index >= 15 is 0 Å². The maximum atomic E-state index is 14.5. The summed E-state index contributed by atoms with van der Waals surface area (Å²) < 4.78 is 14.5. The van der Waals surface area contributed by atoms with Crippen LogP contribution in [0.1, 0.15) is 39.2 Å². The van der Waals surface area contributed by atoms with E-state index in [1.165, 1.54) is 6.07 Å². The van der Waals surface area contributed by atoms with Crippen molar-refractivity contribution in [1.82, 2.24) is 15.6 Å². The summed E-state index contributed by atoms with van der Waals surface area (Å²) in [6.07, 6.45) is 4.49. The van der Waals surface area contributed by atoms with E-state index in [1.54, 1.807) is 18.5 Å². The first-order chi connectivity index (χ1) is 16.8. The number of carbonyl (C=O) groups excluding carboxylic acids is 1. The van der Waals surface area contributed by atoms with Crippen LogP contribution in [0.25, 0.3) is 22.0 Å². The number of amides is 1. The number of benzene rings is 2. The van der Waals surface area contributed by atoms with Crippen molar-refractivity contribution in [2.75, 3.05) is 0 Å². The molecule has 0 spiro atoms. The molecule has 0 aliphatic carbocycles. The Morgan fingerprint density at radius 2 is 1.97 bits per heavy atom. The van der Waals surface area contributed by atoms with Crippen molar-refractivity contribution in [2.45, 2.75) is 50.7 Å². The number of halogens is 1. The quantitative estimate of drug-likeness (QED) is 0.532. The molecule has 0 saturated carbocycles. The number of hydrogen-bond donors (Lipinski definition) is 2. The monoisotopic (exact) mass is 467 g/mol. The lowest BCUT2D eigenvalue weighted by Gasteiger charge is -2.48. The number of nitrogens with zero attached hydrogens (tertiary/aromatic N) is 3. The van der Waals surface area contributed by atoms with Crippen LogP contribution < -0.4 is 10.6 Å². The molecule has 3 aliphatic rings. The van der Waals surface area contributed by atoms with E-state index in [2.05, 4.69) is 44.9 Å². The van der Waals surface area contributed by atoms with E-state index in [-0.39, 0.29) is 23.4 Å². The molecule has 7 heteroatoms. The van der Waals surface area contributed by atoms with Gasteiger partial charge in [0.15, 0.2) is 6.17 Å². The van der Waals surface area contributed by atoms with Gasteiger partial charge in [0.25, 0.3) is 5.91 Å². The van der Waals surface area contributed by atoms with E-state index in [1.807, 2.05) is 38.1 Å². The second-order valence-electron chi connectivity index (χ2n) is 10.1. The molecule has 35 heavy (non-hydrogen) atoms. The predicted octanol–water partition coefficient (Wildman–Crippen LogP) is 5.52. The number of nitrogens with one attached hydrogen (secondary N) is 2. The summed E-state index contributed by atoms with van der Waals surface area (Å²) in [5.74, 6) is -0.416. The maximum Gasteiger partial charge on any atom is 0.250 e. The predicted molar refractivity (Wildman–Crippen MR) is 133 cm³/mol. The van der Waals surface area contributed by atoms with Crippen LogP contribution >= 0.6 is 0 Å². The summed E-state index contributed by atoms with van der Waals surface area (Å²) in [5.41, 5.74) is 4.75. The highest BCUT2D eigenvalue weighted by Gasteiger charge is 2.53. The first-order valence-corrected chi connectivity index (χ1v) is 11.9. The lowest BCUT2D eigenvalue weighted by Crippen LogP contribution is -2.58. The molecule has 1 unspecified atom stereocenters. The molecule has 4 heterocycles. The molecule has 0 fully saturated rings. The van der Waals surface area contributed by atoms with Gasteiger partial charge >= 0.3 is 0 Å². The molecule has 176 valence electrons. The van der Waals surface area contributed by atoms with Crippen LogP contribution in [0.15, 0.2) is 88.0 Å². The second kappa shape index (κ2) is 7.57. The first-order valence-electron chi connectivity index (χ1n) is 11.9. The number of para-hydroxylation sites is 1. The molecule has 1 amide bonds. The molecule has 3 aromatic rings. The Bertz CT molecular complexity index is 1490. The van der Waals surface area contributed by atoms with Crippen LogP contribution in [0.3, 0.4) is 0 Å². The van der Waals surface area contributed by atoms with Crippen molar-refractivity contribution in [3.63, 3.8) is 0 Å². The topological polar surface area (TPSA) is 78.7 Å². The average Bonchev–Trinajstić information content (AvgIpc) is 3.31. The molecule has 2 N–H and O–H groups in total. The molecular formula is C28H26FN5O. The Morgan fingerprint density at radius 3 is 2.80 bits per heavy atom. The first kappa shape index (κ1) is 21.6. The van der Waals surface area contributed by atoms with Gasteiger partial charge < -0.3 is 10.6 Å². The van der Waals surface area contributed by atoms with Gasteiger partial charge in [-0.05, 0) is 55.2 Å². The van der Waals surface area contributed by atoms with Gasteiger partial charge in [0.1, 0.15) is 11.3 Å². The number of azo groups is 1. The fourth-order valence-corrected chi connectivity index (χ4v) is 5.95. The Balaban J connectivity index is 1.59. The Morgan fingerprint density at radius 1 is 1.14 bits per heavy atom. The van der Waals surface area contributed by atoms with Crippen molar-refractivity contribution in [3.8, 4) is 11.1 Å². The fourth-order valence-electron chi connectivity index (χ4n) is 5.95. The summed E-state index contributed by atoms with van der Waals surface area (Å²) in [6.45, 7) is 6.16. The SMILES string of the molecule is CC[C@@]1(c2cccc(-c3ccnc4c(F)cccc34)c2)C2=CN=NC2NC2=C1C(=O)NC(C)(C)C2. The number of fused-ring (bicyclic) bond motifs is 2. The van der Waals surface area contributed by atoms with Crippen LogP contribution in [0.5, 0.6) is 0 Å². The van der Waals surface area contributed by atoms with Crippen molar-refractivity contribution in [2.24, 2.45) is 10.2 Å². The van der Waals surface area contributed by atoms with Crippen LogP contribution in [-0.4, -0.2) is 22.6 Å².